The van der Waals surface area contributed by atoms with Crippen LogP contribution in [0.25, 0.3) is 17.3 Å². The molecule has 7 heteroatoms. The highest BCUT2D eigenvalue weighted by molar-refractivity contribution is 6.31. The van der Waals surface area contributed by atoms with Gasteiger partial charge in [0, 0.05) is 22.1 Å². The maximum atomic E-state index is 13.2. The van der Waals surface area contributed by atoms with E-state index in [0.717, 1.165) is 17.3 Å². The fraction of sp³-hybridized carbons (Fsp3) is 0.136. The number of nitriles is 1. The highest BCUT2D eigenvalue weighted by Crippen LogP contribution is 2.36. The molecule has 148 valence electrons. The van der Waals surface area contributed by atoms with Gasteiger partial charge in [-0.15, -0.1) is 0 Å². The quantitative estimate of drug-likeness (QED) is 0.392. The predicted molar refractivity (Wildman–Crippen MR) is 110 cm³/mol. The van der Waals surface area contributed by atoms with E-state index in [1.807, 2.05) is 6.07 Å². The van der Waals surface area contributed by atoms with Crippen molar-refractivity contribution in [3.05, 3.63) is 86.7 Å². The summed E-state index contributed by atoms with van der Waals surface area (Å²) in [6.45, 7) is 3.58. The monoisotopic (exact) mass is 434 g/mol. The minimum absolute atomic E-state index is 0.348. The molecule has 1 heterocycles. The van der Waals surface area contributed by atoms with Crippen molar-refractivity contribution in [1.29, 1.82) is 5.26 Å². The summed E-state index contributed by atoms with van der Waals surface area (Å²) in [5.41, 5.74) is 2.76. The molecule has 0 aliphatic heterocycles. The van der Waals surface area contributed by atoms with Gasteiger partial charge in [0.15, 0.2) is 0 Å². The Morgan fingerprint density at radius 3 is 2.28 bits per heavy atom. The predicted octanol–water partition coefficient (Wildman–Crippen LogP) is 7.48. The molecule has 0 atom stereocenters. The molecule has 3 rings (SSSR count). The van der Waals surface area contributed by atoms with Gasteiger partial charge in [0.2, 0.25) is 0 Å². The van der Waals surface area contributed by atoms with Gasteiger partial charge in [-0.1, -0.05) is 35.3 Å². The first-order chi connectivity index (χ1) is 13.6. The van der Waals surface area contributed by atoms with Crippen LogP contribution in [0.3, 0.4) is 0 Å². The van der Waals surface area contributed by atoms with Crippen LogP contribution in [-0.2, 0) is 6.18 Å². The van der Waals surface area contributed by atoms with Crippen molar-refractivity contribution in [2.24, 2.45) is 0 Å². The topological polar surface area (TPSA) is 28.7 Å². The van der Waals surface area contributed by atoms with Crippen molar-refractivity contribution < 1.29 is 13.2 Å². The summed E-state index contributed by atoms with van der Waals surface area (Å²) in [5, 5.41) is 9.77. The van der Waals surface area contributed by atoms with Crippen LogP contribution in [0.4, 0.5) is 13.2 Å². The first-order valence-electron chi connectivity index (χ1n) is 8.55. The third-order valence-corrected chi connectivity index (χ3v) is 5.14. The maximum absolute atomic E-state index is 13.2. The number of rotatable bonds is 3. The van der Waals surface area contributed by atoms with E-state index in [9.17, 15) is 18.4 Å². The second-order valence-electron chi connectivity index (χ2n) is 6.50. The average molecular weight is 435 g/mol. The van der Waals surface area contributed by atoms with Gasteiger partial charge in [-0.3, -0.25) is 0 Å². The first kappa shape index (κ1) is 21.0. The number of allylic oxidation sites excluding steroid dienone is 1. The van der Waals surface area contributed by atoms with E-state index < -0.39 is 11.7 Å². The fourth-order valence-electron chi connectivity index (χ4n) is 3.17. The van der Waals surface area contributed by atoms with Gasteiger partial charge in [0.25, 0.3) is 0 Å². The van der Waals surface area contributed by atoms with Gasteiger partial charge in [-0.25, -0.2) is 0 Å². The molecule has 0 bridgehead atoms. The lowest BCUT2D eigenvalue weighted by Gasteiger charge is -2.14. The van der Waals surface area contributed by atoms with Gasteiger partial charge >= 0.3 is 6.18 Å². The lowest BCUT2D eigenvalue weighted by Crippen LogP contribution is -2.08. The van der Waals surface area contributed by atoms with E-state index in [-0.39, 0.29) is 5.02 Å². The van der Waals surface area contributed by atoms with Gasteiger partial charge in [-0.2, -0.15) is 18.4 Å². The van der Waals surface area contributed by atoms with E-state index in [2.05, 4.69) is 6.07 Å². The van der Waals surface area contributed by atoms with Crippen molar-refractivity contribution in [1.82, 2.24) is 4.57 Å². The number of hydrogen-bond acceptors (Lipinski definition) is 1. The second kappa shape index (κ2) is 7.98. The number of halogens is 5. The molecule has 0 radical (unpaired) electrons. The minimum Gasteiger partial charge on any atom is -0.318 e. The highest BCUT2D eigenvalue weighted by Gasteiger charge is 2.33. The van der Waals surface area contributed by atoms with Crippen LogP contribution in [0.2, 0.25) is 10.0 Å². The molecule has 0 saturated heterocycles. The fourth-order valence-corrected chi connectivity index (χ4v) is 3.52. The van der Waals surface area contributed by atoms with Crippen LogP contribution in [0, 0.1) is 25.2 Å². The van der Waals surface area contributed by atoms with E-state index in [1.54, 1.807) is 48.8 Å². The Morgan fingerprint density at radius 1 is 1.03 bits per heavy atom. The smallest absolute Gasteiger partial charge is 0.318 e. The van der Waals surface area contributed by atoms with Crippen molar-refractivity contribution in [3.8, 4) is 11.8 Å². The average Bonchev–Trinajstić information content (AvgIpc) is 2.93. The van der Waals surface area contributed by atoms with Crippen LogP contribution < -0.4 is 0 Å². The molecule has 2 aromatic carbocycles. The number of aromatic nitrogens is 1. The summed E-state index contributed by atoms with van der Waals surface area (Å²) in [4.78, 5) is 0. The number of hydrogen-bond donors (Lipinski definition) is 0. The molecule has 0 N–H and O–H groups in total. The SMILES string of the molecule is Cc1cc(/C=C(\C#N)c2ccc(Cl)cc2)c(C)n1-c1ccc(Cl)c(C(F)(F)F)c1. The third kappa shape index (κ3) is 4.34. The minimum atomic E-state index is -4.55. The Balaban J connectivity index is 2.10. The number of nitrogens with zero attached hydrogens (tertiary/aromatic N) is 2. The zero-order chi connectivity index (χ0) is 21.3. The van der Waals surface area contributed by atoms with E-state index >= 15 is 0 Å². The first-order valence-corrected chi connectivity index (χ1v) is 9.31. The molecule has 2 nitrogen and oxygen atoms in total. The van der Waals surface area contributed by atoms with Gasteiger partial charge in [0.1, 0.15) is 0 Å². The summed E-state index contributed by atoms with van der Waals surface area (Å²) in [6, 6.07) is 14.7. The Morgan fingerprint density at radius 2 is 1.69 bits per heavy atom. The molecule has 29 heavy (non-hydrogen) atoms. The Kier molecular flexibility index (Phi) is 5.79. The number of alkyl halides is 3. The zero-order valence-corrected chi connectivity index (χ0v) is 17.0. The van der Waals surface area contributed by atoms with Crippen LogP contribution >= 0.6 is 23.2 Å². The van der Waals surface area contributed by atoms with Crippen LogP contribution in [0.1, 0.15) is 28.1 Å². The zero-order valence-electron chi connectivity index (χ0n) is 15.5. The van der Waals surface area contributed by atoms with Gasteiger partial charge < -0.3 is 4.57 Å². The summed E-state index contributed by atoms with van der Waals surface area (Å²) in [7, 11) is 0. The van der Waals surface area contributed by atoms with Crippen LogP contribution in [0.15, 0.2) is 48.5 Å². The Bertz CT molecular complexity index is 1130. The Hall–Kier alpha value is -2.68. The number of aryl methyl sites for hydroxylation is 1. The molecule has 0 aliphatic carbocycles. The molecular weight excluding hydrogens is 420 g/mol. The van der Waals surface area contributed by atoms with Crippen LogP contribution in [-0.4, -0.2) is 4.57 Å². The largest absolute Gasteiger partial charge is 0.417 e. The summed E-state index contributed by atoms with van der Waals surface area (Å²) in [6.07, 6.45) is -2.84. The number of benzene rings is 2. The maximum Gasteiger partial charge on any atom is 0.417 e. The Labute approximate surface area is 176 Å². The lowest BCUT2D eigenvalue weighted by molar-refractivity contribution is -0.137. The molecule has 1 aromatic heterocycles. The molecule has 0 saturated carbocycles. The lowest BCUT2D eigenvalue weighted by atomic mass is 10.0. The van der Waals surface area contributed by atoms with Crippen molar-refractivity contribution in [2.45, 2.75) is 20.0 Å². The molecule has 0 aliphatic rings. The molecule has 3 aromatic rings. The van der Waals surface area contributed by atoms with Gasteiger partial charge in [-0.05, 0) is 67.4 Å². The summed E-state index contributed by atoms with van der Waals surface area (Å²) in [5.74, 6) is 0. The molecule has 0 amide bonds. The van der Waals surface area contributed by atoms with Crippen molar-refractivity contribution >= 4 is 34.9 Å². The molecule has 0 unspecified atom stereocenters. The normalized spacial score (nSPS) is 12.1. The standard InChI is InChI=1S/C22H15Cl2F3N2/c1-13-9-16(10-17(12-28)15-3-5-18(23)6-4-15)14(2)29(13)19-7-8-21(24)20(11-19)22(25,26)27/h3-11H,1-2H3/b17-10+. The van der Waals surface area contributed by atoms with Crippen molar-refractivity contribution in [2.75, 3.05) is 0 Å². The summed E-state index contributed by atoms with van der Waals surface area (Å²) >= 11 is 11.6. The molecule has 0 fully saturated rings. The second-order valence-corrected chi connectivity index (χ2v) is 7.34. The van der Waals surface area contributed by atoms with Crippen molar-refractivity contribution in [3.63, 3.8) is 0 Å². The molecule has 0 spiro atoms. The highest BCUT2D eigenvalue weighted by atomic mass is 35.5. The molecular formula is C22H15Cl2F3N2. The van der Waals surface area contributed by atoms with Crippen LogP contribution in [0.5, 0.6) is 0 Å². The van der Waals surface area contributed by atoms with E-state index in [0.29, 0.717) is 27.5 Å². The van der Waals surface area contributed by atoms with E-state index in [4.69, 9.17) is 23.2 Å². The van der Waals surface area contributed by atoms with Gasteiger partial charge in [0.05, 0.1) is 22.2 Å². The van der Waals surface area contributed by atoms with E-state index in [1.165, 1.54) is 12.1 Å². The third-order valence-electron chi connectivity index (χ3n) is 4.56. The summed E-state index contributed by atoms with van der Waals surface area (Å²) < 4.78 is 41.4.